The average molecular weight is 285 g/mol. The normalized spacial score (nSPS) is 10.4. The van der Waals surface area contributed by atoms with Crippen LogP contribution in [0.3, 0.4) is 0 Å². The maximum atomic E-state index is 6.21. The van der Waals surface area contributed by atoms with E-state index in [1.807, 2.05) is 46.7 Å². The third-order valence-corrected chi connectivity index (χ3v) is 3.82. The fourth-order valence-electron chi connectivity index (χ4n) is 2.14. The Hall–Kier alpha value is -1.86. The molecule has 2 aromatic rings. The molecule has 0 atom stereocenters. The largest absolute Gasteiger partial charge is 0.384 e. The van der Waals surface area contributed by atoms with E-state index in [0.717, 1.165) is 35.7 Å². The van der Waals surface area contributed by atoms with Gasteiger partial charge in [-0.25, -0.2) is 4.98 Å². The fourth-order valence-corrected chi connectivity index (χ4v) is 2.58. The summed E-state index contributed by atoms with van der Waals surface area (Å²) in [5.74, 6) is 5.33. The van der Waals surface area contributed by atoms with Crippen LogP contribution in [0.5, 0.6) is 0 Å². The van der Waals surface area contributed by atoms with Crippen LogP contribution in [0.25, 0.3) is 11.4 Å². The molecule has 0 aliphatic rings. The van der Waals surface area contributed by atoms with Gasteiger partial charge in [0.15, 0.2) is 0 Å². The number of rotatable bonds is 6. The lowest BCUT2D eigenvalue weighted by molar-refractivity contribution is 0.859. The van der Waals surface area contributed by atoms with Crippen LogP contribution in [-0.4, -0.2) is 21.6 Å². The van der Waals surface area contributed by atoms with E-state index in [-0.39, 0.29) is 0 Å². The van der Waals surface area contributed by atoms with Gasteiger partial charge in [0.2, 0.25) is 0 Å². The molecule has 1 aromatic heterocycles. The molecule has 0 radical (unpaired) electrons. The second-order valence-electron chi connectivity index (χ2n) is 4.52. The van der Waals surface area contributed by atoms with Crippen LogP contribution in [0.2, 0.25) is 0 Å². The summed E-state index contributed by atoms with van der Waals surface area (Å²) in [7, 11) is 0. The number of aryl methyl sites for hydroxylation is 1. The van der Waals surface area contributed by atoms with Crippen molar-refractivity contribution in [1.29, 1.82) is 0 Å². The Balaban J connectivity index is 2.35. The number of anilines is 1. The van der Waals surface area contributed by atoms with Gasteiger partial charge in [0.25, 0.3) is 0 Å². The summed E-state index contributed by atoms with van der Waals surface area (Å²) in [5.41, 5.74) is 8.21. The first-order valence-corrected chi connectivity index (χ1v) is 8.00. The lowest BCUT2D eigenvalue weighted by Gasteiger charge is -2.05. The molecule has 1 aromatic carbocycles. The molecule has 20 heavy (non-hydrogen) atoms. The van der Waals surface area contributed by atoms with Gasteiger partial charge in [-0.2, -0.15) is 11.8 Å². The highest BCUT2D eigenvalue weighted by Crippen LogP contribution is 2.25. The molecule has 0 aliphatic carbocycles. The standard InChI is InChI=1S/C16H19N3S/c1-3-11-19-15(17)14(10-7-12-20-2)18-16(19)13-8-5-4-6-9-13/h1,4-6,8-9H,7,10-12,17H2,2H3. The lowest BCUT2D eigenvalue weighted by atomic mass is 10.2. The third kappa shape index (κ3) is 3.17. The minimum absolute atomic E-state index is 0.450. The van der Waals surface area contributed by atoms with Crippen LogP contribution in [0.4, 0.5) is 5.82 Å². The highest BCUT2D eigenvalue weighted by molar-refractivity contribution is 7.98. The first-order valence-electron chi connectivity index (χ1n) is 6.60. The van der Waals surface area contributed by atoms with Crippen molar-refractivity contribution in [2.45, 2.75) is 19.4 Å². The number of terminal acetylenes is 1. The SMILES string of the molecule is C#CCn1c(-c2ccccc2)nc(CCCSC)c1N. The molecule has 4 heteroatoms. The van der Waals surface area contributed by atoms with Crippen LogP contribution in [0.1, 0.15) is 12.1 Å². The summed E-state index contributed by atoms with van der Waals surface area (Å²) in [6.07, 6.45) is 9.53. The molecule has 2 N–H and O–H groups in total. The number of imidazole rings is 1. The van der Waals surface area contributed by atoms with Crippen LogP contribution in [-0.2, 0) is 13.0 Å². The molecule has 0 spiro atoms. The van der Waals surface area contributed by atoms with Gasteiger partial charge in [0.1, 0.15) is 11.6 Å². The van der Waals surface area contributed by atoms with E-state index in [9.17, 15) is 0 Å². The molecule has 104 valence electrons. The molecule has 3 nitrogen and oxygen atoms in total. The Morgan fingerprint density at radius 2 is 2.10 bits per heavy atom. The highest BCUT2D eigenvalue weighted by Gasteiger charge is 2.15. The fraction of sp³-hybridized carbons (Fsp3) is 0.312. The molecular weight excluding hydrogens is 266 g/mol. The molecule has 1 heterocycles. The Kier molecular flexibility index (Phi) is 5.14. The van der Waals surface area contributed by atoms with Crippen LogP contribution >= 0.6 is 11.8 Å². The third-order valence-electron chi connectivity index (χ3n) is 3.13. The van der Waals surface area contributed by atoms with Crippen molar-refractivity contribution < 1.29 is 0 Å². The summed E-state index contributed by atoms with van der Waals surface area (Å²) in [5, 5.41) is 0. The molecule has 0 saturated heterocycles. The van der Waals surface area contributed by atoms with Crippen molar-refractivity contribution >= 4 is 17.6 Å². The monoisotopic (exact) mass is 285 g/mol. The smallest absolute Gasteiger partial charge is 0.142 e. The van der Waals surface area contributed by atoms with Gasteiger partial charge < -0.3 is 5.73 Å². The Labute approximate surface area is 124 Å². The predicted molar refractivity (Wildman–Crippen MR) is 87.6 cm³/mol. The van der Waals surface area contributed by atoms with Gasteiger partial charge >= 0.3 is 0 Å². The van der Waals surface area contributed by atoms with Crippen LogP contribution < -0.4 is 5.73 Å². The van der Waals surface area contributed by atoms with E-state index in [0.29, 0.717) is 12.4 Å². The number of nitrogens with two attached hydrogens (primary N) is 1. The van der Waals surface area contributed by atoms with Crippen molar-refractivity contribution in [1.82, 2.24) is 9.55 Å². The van der Waals surface area contributed by atoms with Gasteiger partial charge in [0.05, 0.1) is 12.2 Å². The van der Waals surface area contributed by atoms with Gasteiger partial charge in [-0.15, -0.1) is 6.42 Å². The first kappa shape index (κ1) is 14.5. The number of hydrogen-bond donors (Lipinski definition) is 1. The van der Waals surface area contributed by atoms with Gasteiger partial charge in [-0.1, -0.05) is 36.3 Å². The highest BCUT2D eigenvalue weighted by atomic mass is 32.2. The number of nitrogen functional groups attached to an aromatic ring is 1. The van der Waals surface area contributed by atoms with E-state index >= 15 is 0 Å². The van der Waals surface area contributed by atoms with E-state index in [1.165, 1.54) is 0 Å². The van der Waals surface area contributed by atoms with E-state index < -0.39 is 0 Å². The molecule has 0 aliphatic heterocycles. The van der Waals surface area contributed by atoms with Gasteiger partial charge in [-0.05, 0) is 24.9 Å². The maximum absolute atomic E-state index is 6.21. The van der Waals surface area contributed by atoms with Gasteiger partial charge in [-0.3, -0.25) is 4.57 Å². The molecular formula is C16H19N3S. The van der Waals surface area contributed by atoms with E-state index in [1.54, 1.807) is 0 Å². The zero-order valence-electron chi connectivity index (χ0n) is 11.7. The summed E-state index contributed by atoms with van der Waals surface area (Å²) in [4.78, 5) is 4.70. The Bertz CT molecular complexity index is 596. The quantitative estimate of drug-likeness (QED) is 0.655. The second kappa shape index (κ2) is 7.06. The predicted octanol–water partition coefficient (Wildman–Crippen LogP) is 3.06. The topological polar surface area (TPSA) is 43.8 Å². The van der Waals surface area contributed by atoms with Crippen molar-refractivity contribution in [2.24, 2.45) is 0 Å². The van der Waals surface area contributed by atoms with E-state index in [4.69, 9.17) is 17.1 Å². The van der Waals surface area contributed by atoms with Crippen molar-refractivity contribution in [3.63, 3.8) is 0 Å². The minimum atomic E-state index is 0.450. The summed E-state index contributed by atoms with van der Waals surface area (Å²) in [6, 6.07) is 10.0. The van der Waals surface area contributed by atoms with E-state index in [2.05, 4.69) is 12.2 Å². The number of benzene rings is 1. The van der Waals surface area contributed by atoms with Crippen LogP contribution in [0.15, 0.2) is 30.3 Å². The lowest BCUT2D eigenvalue weighted by Crippen LogP contribution is -2.04. The zero-order valence-corrected chi connectivity index (χ0v) is 12.5. The maximum Gasteiger partial charge on any atom is 0.142 e. The average Bonchev–Trinajstić information content (AvgIpc) is 2.78. The van der Waals surface area contributed by atoms with Gasteiger partial charge in [0, 0.05) is 5.56 Å². The Morgan fingerprint density at radius 3 is 2.75 bits per heavy atom. The molecule has 0 saturated carbocycles. The summed E-state index contributed by atoms with van der Waals surface area (Å²) < 4.78 is 1.92. The summed E-state index contributed by atoms with van der Waals surface area (Å²) >= 11 is 1.84. The van der Waals surface area contributed by atoms with Crippen LogP contribution in [0, 0.1) is 12.3 Å². The number of nitrogens with zero attached hydrogens (tertiary/aromatic N) is 2. The molecule has 0 unspecified atom stereocenters. The number of aromatic nitrogens is 2. The molecule has 0 amide bonds. The Morgan fingerprint density at radius 1 is 1.35 bits per heavy atom. The van der Waals surface area contributed by atoms with Crippen molar-refractivity contribution in [3.8, 4) is 23.7 Å². The number of thioether (sulfide) groups is 1. The zero-order chi connectivity index (χ0) is 14.4. The minimum Gasteiger partial charge on any atom is -0.384 e. The molecule has 0 fully saturated rings. The second-order valence-corrected chi connectivity index (χ2v) is 5.51. The molecule has 2 rings (SSSR count). The van der Waals surface area contributed by atoms with Crippen molar-refractivity contribution in [3.05, 3.63) is 36.0 Å². The first-order chi connectivity index (χ1) is 9.77. The molecule has 0 bridgehead atoms. The number of hydrogen-bond acceptors (Lipinski definition) is 3. The van der Waals surface area contributed by atoms with Crippen molar-refractivity contribution in [2.75, 3.05) is 17.7 Å². The summed E-state index contributed by atoms with van der Waals surface area (Å²) in [6.45, 7) is 0.450.